The summed E-state index contributed by atoms with van der Waals surface area (Å²) in [6.07, 6.45) is 3.43. The molecule has 0 atom stereocenters. The second-order valence-corrected chi connectivity index (χ2v) is 7.18. The monoisotopic (exact) mass is 400 g/mol. The van der Waals surface area contributed by atoms with Crippen molar-refractivity contribution in [2.45, 2.75) is 6.92 Å². The standard InChI is InChI=1S/C21H13B4FN4O/c1-9-27-8-13(30(9)2)10-3-4-11-7-28-14(6-12(11)5-10)29-21(31)15-16(22)18(24)20(26)19(25)17(15)23/h3-8H,1-2H3,(H,28,29,31). The van der Waals surface area contributed by atoms with Gasteiger partial charge in [-0.25, -0.2) is 14.4 Å². The lowest BCUT2D eigenvalue weighted by Crippen LogP contribution is -2.49. The summed E-state index contributed by atoms with van der Waals surface area (Å²) in [5.41, 5.74) is 0.301. The number of halogens is 1. The average Bonchev–Trinajstić information content (AvgIpc) is 3.09. The summed E-state index contributed by atoms with van der Waals surface area (Å²) in [6, 6.07) is 7.59. The number of nitrogens with one attached hydrogen (secondary N) is 1. The van der Waals surface area contributed by atoms with Crippen molar-refractivity contribution in [1.82, 2.24) is 14.5 Å². The molecule has 2 aromatic carbocycles. The molecule has 0 fully saturated rings. The molecule has 4 aromatic rings. The van der Waals surface area contributed by atoms with Crippen LogP contribution in [0.2, 0.25) is 0 Å². The summed E-state index contributed by atoms with van der Waals surface area (Å²) in [6.45, 7) is 1.93. The number of anilines is 1. The second kappa shape index (κ2) is 7.76. The predicted molar refractivity (Wildman–Crippen MR) is 125 cm³/mol. The van der Waals surface area contributed by atoms with E-state index >= 15 is 0 Å². The number of amides is 1. The van der Waals surface area contributed by atoms with Crippen LogP contribution in [0, 0.1) is 12.7 Å². The van der Waals surface area contributed by atoms with Crippen LogP contribution in [0.4, 0.5) is 10.2 Å². The van der Waals surface area contributed by atoms with E-state index in [1.165, 1.54) is 0 Å². The summed E-state index contributed by atoms with van der Waals surface area (Å²) in [5, 5.41) is 4.35. The van der Waals surface area contributed by atoms with E-state index in [1.54, 1.807) is 18.5 Å². The SMILES string of the molecule is [B]c1c([B])c(C(=O)Nc2cc3cc(-c4cnc(C)n4C)ccc3cn2)c([B])c([B])c1F. The molecule has 2 heterocycles. The highest BCUT2D eigenvalue weighted by Gasteiger charge is 2.19. The lowest BCUT2D eigenvalue weighted by molar-refractivity contribution is 0.102. The molecule has 0 unspecified atom stereocenters. The fourth-order valence-electron chi connectivity index (χ4n) is 3.36. The highest BCUT2D eigenvalue weighted by Crippen LogP contribution is 2.25. The van der Waals surface area contributed by atoms with Gasteiger partial charge in [0.05, 0.1) is 11.9 Å². The largest absolute Gasteiger partial charge is 0.331 e. The molecule has 10 heteroatoms. The van der Waals surface area contributed by atoms with Gasteiger partial charge >= 0.3 is 0 Å². The molecule has 0 saturated carbocycles. The molecule has 142 valence electrons. The van der Waals surface area contributed by atoms with Gasteiger partial charge in [0, 0.05) is 29.8 Å². The molecule has 31 heavy (non-hydrogen) atoms. The van der Waals surface area contributed by atoms with Crippen molar-refractivity contribution in [3.8, 4) is 11.3 Å². The van der Waals surface area contributed by atoms with Gasteiger partial charge in [0.25, 0.3) is 5.91 Å². The number of rotatable bonds is 3. The van der Waals surface area contributed by atoms with Crippen molar-refractivity contribution in [2.75, 3.05) is 5.32 Å². The van der Waals surface area contributed by atoms with Crippen molar-refractivity contribution in [1.29, 1.82) is 0 Å². The van der Waals surface area contributed by atoms with Crippen LogP contribution in [0.5, 0.6) is 0 Å². The molecule has 0 spiro atoms. The summed E-state index contributed by atoms with van der Waals surface area (Å²) in [7, 11) is 24.8. The lowest BCUT2D eigenvalue weighted by atomic mass is 9.66. The fourth-order valence-corrected chi connectivity index (χ4v) is 3.36. The molecule has 0 saturated heterocycles. The number of aromatic nitrogens is 3. The number of nitrogens with zero attached hydrogens (tertiary/aromatic N) is 3. The van der Waals surface area contributed by atoms with Crippen LogP contribution in [-0.2, 0) is 7.05 Å². The van der Waals surface area contributed by atoms with Gasteiger partial charge in [-0.1, -0.05) is 34.0 Å². The molecule has 4 rings (SSSR count). The Bertz CT molecular complexity index is 1340. The van der Waals surface area contributed by atoms with Crippen LogP contribution in [0.3, 0.4) is 0 Å². The lowest BCUT2D eigenvalue weighted by Gasteiger charge is -2.18. The first-order chi connectivity index (χ1) is 14.7. The van der Waals surface area contributed by atoms with Crippen molar-refractivity contribution in [2.24, 2.45) is 7.05 Å². The minimum absolute atomic E-state index is 0.197. The third-order valence-corrected chi connectivity index (χ3v) is 5.30. The molecule has 1 N–H and O–H groups in total. The summed E-state index contributed by atoms with van der Waals surface area (Å²) in [5.74, 6) is -0.492. The number of benzene rings is 2. The van der Waals surface area contributed by atoms with Crippen molar-refractivity contribution < 1.29 is 9.18 Å². The maximum absolute atomic E-state index is 13.9. The molecule has 2 aromatic heterocycles. The molecule has 1 amide bonds. The molecule has 0 bridgehead atoms. The van der Waals surface area contributed by atoms with Gasteiger partial charge in [-0.15, -0.1) is 0 Å². The van der Waals surface area contributed by atoms with E-state index in [0.717, 1.165) is 27.9 Å². The molecule has 0 aliphatic rings. The minimum atomic E-state index is -0.951. The van der Waals surface area contributed by atoms with Gasteiger partial charge in [0.15, 0.2) is 0 Å². The van der Waals surface area contributed by atoms with Crippen LogP contribution in [-0.4, -0.2) is 51.8 Å². The highest BCUT2D eigenvalue weighted by atomic mass is 19.1. The Balaban J connectivity index is 1.71. The fraction of sp³-hybridized carbons (Fsp3) is 0.0952. The quantitative estimate of drug-likeness (QED) is 0.473. The van der Waals surface area contributed by atoms with Crippen molar-refractivity contribution in [3.05, 3.63) is 53.9 Å². The van der Waals surface area contributed by atoms with Crippen LogP contribution in [0.1, 0.15) is 16.2 Å². The van der Waals surface area contributed by atoms with Crippen molar-refractivity contribution in [3.63, 3.8) is 0 Å². The summed E-state index contributed by atoms with van der Waals surface area (Å²) >= 11 is 0. The first-order valence-corrected chi connectivity index (χ1v) is 9.30. The van der Waals surface area contributed by atoms with Gasteiger partial charge in [-0.3, -0.25) is 4.79 Å². The maximum Gasteiger partial charge on any atom is 0.255 e. The third-order valence-electron chi connectivity index (χ3n) is 5.30. The number of carbonyl (C=O) groups is 1. The summed E-state index contributed by atoms with van der Waals surface area (Å²) in [4.78, 5) is 21.4. The smallest absolute Gasteiger partial charge is 0.255 e. The van der Waals surface area contributed by atoms with Crippen LogP contribution < -0.4 is 27.2 Å². The maximum atomic E-state index is 13.9. The number of aryl methyl sites for hydroxylation is 1. The van der Waals surface area contributed by atoms with Gasteiger partial charge in [-0.2, -0.15) is 0 Å². The van der Waals surface area contributed by atoms with Crippen LogP contribution in [0.25, 0.3) is 22.0 Å². The van der Waals surface area contributed by atoms with E-state index < -0.39 is 22.7 Å². The number of hydrogen-bond acceptors (Lipinski definition) is 3. The van der Waals surface area contributed by atoms with E-state index in [0.29, 0.717) is 0 Å². The molecular formula is C21H13B4FN4O. The highest BCUT2D eigenvalue weighted by molar-refractivity contribution is 6.59. The predicted octanol–water partition coefficient (Wildman–Crippen LogP) is -0.490. The summed E-state index contributed by atoms with van der Waals surface area (Å²) < 4.78 is 15.9. The molecule has 8 radical (unpaired) electrons. The molecule has 0 aliphatic carbocycles. The van der Waals surface area contributed by atoms with E-state index in [2.05, 4.69) is 15.3 Å². The van der Waals surface area contributed by atoms with Gasteiger partial charge < -0.3 is 9.88 Å². The zero-order valence-electron chi connectivity index (χ0n) is 16.9. The van der Waals surface area contributed by atoms with Gasteiger partial charge in [0.2, 0.25) is 0 Å². The third kappa shape index (κ3) is 3.56. The van der Waals surface area contributed by atoms with E-state index in [1.807, 2.05) is 36.7 Å². The van der Waals surface area contributed by atoms with Crippen LogP contribution in [0.15, 0.2) is 36.7 Å². The normalized spacial score (nSPS) is 11.1. The Morgan fingerprint density at radius 1 is 0.968 bits per heavy atom. The molecule has 5 nitrogen and oxygen atoms in total. The second-order valence-electron chi connectivity index (χ2n) is 7.18. The van der Waals surface area contributed by atoms with Gasteiger partial charge in [-0.05, 0) is 24.4 Å². The van der Waals surface area contributed by atoms with E-state index in [-0.39, 0.29) is 22.3 Å². The Labute approximate surface area is 184 Å². The number of hydrogen-bond donors (Lipinski definition) is 1. The Morgan fingerprint density at radius 3 is 2.26 bits per heavy atom. The molecular weight excluding hydrogens is 387 g/mol. The Morgan fingerprint density at radius 2 is 1.65 bits per heavy atom. The van der Waals surface area contributed by atoms with Crippen molar-refractivity contribution >= 4 is 75.7 Å². The zero-order chi connectivity index (χ0) is 22.4. The number of fused-ring (bicyclic) bond motifs is 1. The molecule has 0 aliphatic heterocycles. The van der Waals surface area contributed by atoms with E-state index in [4.69, 9.17) is 31.4 Å². The van der Waals surface area contributed by atoms with Gasteiger partial charge in [0.1, 0.15) is 48.8 Å². The Hall–Kier alpha value is -3.28. The topological polar surface area (TPSA) is 59.8 Å². The number of pyridine rings is 1. The first kappa shape index (κ1) is 21.0. The van der Waals surface area contributed by atoms with Crippen LogP contribution >= 0.6 is 0 Å². The van der Waals surface area contributed by atoms with E-state index in [9.17, 15) is 9.18 Å². The Kier molecular flexibility index (Phi) is 5.25. The number of carbonyl (C=O) groups excluding carboxylic acids is 1. The zero-order valence-corrected chi connectivity index (χ0v) is 16.9. The average molecular weight is 400 g/mol. The minimum Gasteiger partial charge on any atom is -0.331 e. The number of imidazole rings is 1. The first-order valence-electron chi connectivity index (χ1n) is 9.30.